The molecule has 2 aromatic carbocycles. The summed E-state index contributed by atoms with van der Waals surface area (Å²) in [6.07, 6.45) is 5.53. The number of aryl methyl sites for hydroxylation is 1. The van der Waals surface area contributed by atoms with Crippen molar-refractivity contribution >= 4 is 16.6 Å². The van der Waals surface area contributed by atoms with E-state index in [0.29, 0.717) is 0 Å². The van der Waals surface area contributed by atoms with Gasteiger partial charge in [0, 0.05) is 41.9 Å². The van der Waals surface area contributed by atoms with Crippen LogP contribution in [0, 0.1) is 0 Å². The van der Waals surface area contributed by atoms with Crippen LogP contribution in [0.15, 0.2) is 91.5 Å². The summed E-state index contributed by atoms with van der Waals surface area (Å²) in [5.74, 6) is 0.828. The van der Waals surface area contributed by atoms with Gasteiger partial charge in [-0.05, 0) is 42.5 Å². The van der Waals surface area contributed by atoms with E-state index in [2.05, 4.69) is 57.0 Å². The minimum absolute atomic E-state index is 0.828. The average Bonchev–Trinajstić information content (AvgIpc) is 3.20. The lowest BCUT2D eigenvalue weighted by atomic mass is 10.1. The monoisotopic (exact) mass is 379 g/mol. The van der Waals surface area contributed by atoms with Crippen LogP contribution >= 0.6 is 0 Å². The van der Waals surface area contributed by atoms with Crippen molar-refractivity contribution in [3.05, 3.63) is 91.5 Å². The number of pyridine rings is 2. The number of hydrogen-bond donors (Lipinski definition) is 1. The first-order valence-corrected chi connectivity index (χ1v) is 9.35. The summed E-state index contributed by atoms with van der Waals surface area (Å²) in [6.45, 7) is 0. The topological polar surface area (TPSA) is 59.5 Å². The molecule has 0 aliphatic heterocycles. The van der Waals surface area contributed by atoms with Gasteiger partial charge in [0.25, 0.3) is 0 Å². The Morgan fingerprint density at radius 2 is 1.86 bits per heavy atom. The number of aromatic nitrogens is 5. The Morgan fingerprint density at radius 3 is 2.76 bits per heavy atom. The molecule has 0 atom stereocenters. The Morgan fingerprint density at radius 1 is 0.897 bits per heavy atom. The molecule has 6 nitrogen and oxygen atoms in total. The molecule has 0 spiro atoms. The number of rotatable bonds is 4. The van der Waals surface area contributed by atoms with Crippen LogP contribution in [0.3, 0.4) is 0 Å². The predicted octanol–water partition coefficient (Wildman–Crippen LogP) is 3.86. The van der Waals surface area contributed by atoms with Gasteiger partial charge < -0.3 is 4.57 Å². The van der Waals surface area contributed by atoms with Gasteiger partial charge in [0.1, 0.15) is 6.33 Å². The zero-order chi connectivity index (χ0) is 19.6. The third-order valence-corrected chi connectivity index (χ3v) is 4.84. The minimum atomic E-state index is 0.828. The number of hydrogen-bond acceptors (Lipinski definition) is 4. The second-order valence-electron chi connectivity index (χ2n) is 6.82. The normalized spacial score (nSPS) is 10.9. The SMILES string of the molecule is Cn1cnnc1-c1cccc(N[n+]2ccccc2-c2ccc3ncccc3c2)c1. The van der Waals surface area contributed by atoms with Crippen molar-refractivity contribution in [3.63, 3.8) is 0 Å². The van der Waals surface area contributed by atoms with E-state index in [-0.39, 0.29) is 0 Å². The second kappa shape index (κ2) is 7.16. The highest BCUT2D eigenvalue weighted by Crippen LogP contribution is 2.22. The Kier molecular flexibility index (Phi) is 4.22. The molecule has 3 heterocycles. The first-order valence-electron chi connectivity index (χ1n) is 9.35. The Labute approximate surface area is 168 Å². The Balaban J connectivity index is 1.52. The number of benzene rings is 2. The summed E-state index contributed by atoms with van der Waals surface area (Å²) in [4.78, 5) is 4.41. The molecular formula is C23H19N6+. The van der Waals surface area contributed by atoms with Crippen LogP contribution in [0.1, 0.15) is 0 Å². The summed E-state index contributed by atoms with van der Waals surface area (Å²) in [5, 5.41) is 9.29. The maximum absolute atomic E-state index is 4.41. The molecule has 140 valence electrons. The van der Waals surface area contributed by atoms with E-state index in [1.54, 1.807) is 6.33 Å². The van der Waals surface area contributed by atoms with Gasteiger partial charge in [0.05, 0.1) is 11.2 Å². The van der Waals surface area contributed by atoms with Crippen LogP contribution in [-0.2, 0) is 7.05 Å². The lowest BCUT2D eigenvalue weighted by molar-refractivity contribution is -0.631. The molecule has 0 bridgehead atoms. The van der Waals surface area contributed by atoms with E-state index in [1.165, 1.54) is 0 Å². The standard InChI is InChI=1S/C23H19N6/c1-28-16-25-26-23(28)19-6-4-8-20(15-19)27-29-13-3-2-9-22(29)18-10-11-21-17(14-18)7-5-12-24-21/h2-16,27H,1H3/q+1. The first-order chi connectivity index (χ1) is 14.3. The molecule has 0 saturated carbocycles. The van der Waals surface area contributed by atoms with E-state index >= 15 is 0 Å². The summed E-state index contributed by atoms with van der Waals surface area (Å²) in [7, 11) is 1.94. The van der Waals surface area contributed by atoms with E-state index in [4.69, 9.17) is 0 Å². The van der Waals surface area contributed by atoms with E-state index in [9.17, 15) is 0 Å². The molecule has 3 aromatic heterocycles. The fourth-order valence-corrected chi connectivity index (χ4v) is 3.42. The largest absolute Gasteiger partial charge is 0.317 e. The third kappa shape index (κ3) is 3.32. The fourth-order valence-electron chi connectivity index (χ4n) is 3.42. The summed E-state index contributed by atoms with van der Waals surface area (Å²) >= 11 is 0. The number of nitrogens with one attached hydrogen (secondary N) is 1. The average molecular weight is 379 g/mol. The van der Waals surface area contributed by atoms with E-state index in [1.807, 2.05) is 65.1 Å². The van der Waals surface area contributed by atoms with Gasteiger partial charge >= 0.3 is 0 Å². The highest BCUT2D eigenvalue weighted by atomic mass is 15.4. The first kappa shape index (κ1) is 17.1. The van der Waals surface area contributed by atoms with Gasteiger partial charge in [-0.2, -0.15) is 5.43 Å². The molecule has 0 unspecified atom stereocenters. The zero-order valence-electron chi connectivity index (χ0n) is 15.9. The van der Waals surface area contributed by atoms with Gasteiger partial charge in [-0.1, -0.05) is 22.9 Å². The molecule has 1 N–H and O–H groups in total. The summed E-state index contributed by atoms with van der Waals surface area (Å²) < 4.78 is 3.93. The van der Waals surface area contributed by atoms with Gasteiger partial charge in [-0.25, -0.2) is 0 Å². The van der Waals surface area contributed by atoms with E-state index < -0.39 is 0 Å². The zero-order valence-corrected chi connectivity index (χ0v) is 15.9. The molecule has 6 heteroatoms. The Bertz CT molecular complexity index is 1310. The number of nitrogens with zero attached hydrogens (tertiary/aromatic N) is 5. The molecular weight excluding hydrogens is 360 g/mol. The summed E-state index contributed by atoms with van der Waals surface area (Å²) in [6, 6.07) is 24.6. The molecule has 0 radical (unpaired) electrons. The lowest BCUT2D eigenvalue weighted by Crippen LogP contribution is -2.43. The maximum Gasteiger partial charge on any atom is 0.242 e. The van der Waals surface area contributed by atoms with Gasteiger partial charge in [-0.15, -0.1) is 10.2 Å². The third-order valence-electron chi connectivity index (χ3n) is 4.84. The second-order valence-corrected chi connectivity index (χ2v) is 6.82. The molecule has 29 heavy (non-hydrogen) atoms. The molecule has 0 amide bonds. The van der Waals surface area contributed by atoms with Crippen LogP contribution in [0.25, 0.3) is 33.5 Å². The highest BCUT2D eigenvalue weighted by Gasteiger charge is 2.14. The van der Waals surface area contributed by atoms with Crippen LogP contribution in [0.2, 0.25) is 0 Å². The van der Waals surface area contributed by atoms with Crippen molar-refractivity contribution in [1.29, 1.82) is 0 Å². The van der Waals surface area contributed by atoms with Gasteiger partial charge in [-0.3, -0.25) is 4.98 Å². The lowest BCUT2D eigenvalue weighted by Gasteiger charge is -2.08. The highest BCUT2D eigenvalue weighted by molar-refractivity contribution is 5.83. The van der Waals surface area contributed by atoms with Crippen LogP contribution < -0.4 is 10.1 Å². The minimum Gasteiger partial charge on any atom is -0.317 e. The van der Waals surface area contributed by atoms with Crippen LogP contribution in [0.4, 0.5) is 5.69 Å². The fraction of sp³-hybridized carbons (Fsp3) is 0.0435. The molecule has 0 aliphatic rings. The van der Waals surface area contributed by atoms with Crippen molar-refractivity contribution in [2.24, 2.45) is 7.05 Å². The quantitative estimate of drug-likeness (QED) is 0.482. The number of fused-ring (bicyclic) bond motifs is 1. The molecule has 5 rings (SSSR count). The summed E-state index contributed by atoms with van der Waals surface area (Å²) in [5.41, 5.74) is 8.61. The van der Waals surface area contributed by atoms with E-state index in [0.717, 1.165) is 39.2 Å². The Hall–Kier alpha value is -4.06. The predicted molar refractivity (Wildman–Crippen MR) is 113 cm³/mol. The molecule has 5 aromatic rings. The van der Waals surface area contributed by atoms with Crippen molar-refractivity contribution in [2.75, 3.05) is 5.43 Å². The molecule has 0 fully saturated rings. The van der Waals surface area contributed by atoms with Crippen LogP contribution in [0.5, 0.6) is 0 Å². The smallest absolute Gasteiger partial charge is 0.242 e. The maximum atomic E-state index is 4.41. The van der Waals surface area contributed by atoms with Crippen molar-refractivity contribution in [3.8, 4) is 22.6 Å². The van der Waals surface area contributed by atoms with Gasteiger partial charge in [0.15, 0.2) is 5.82 Å². The van der Waals surface area contributed by atoms with Crippen molar-refractivity contribution < 1.29 is 4.68 Å². The molecule has 0 saturated heterocycles. The molecule has 0 aliphatic carbocycles. The number of anilines is 1. The van der Waals surface area contributed by atoms with Crippen molar-refractivity contribution in [2.45, 2.75) is 0 Å². The van der Waals surface area contributed by atoms with Gasteiger partial charge in [0.2, 0.25) is 11.9 Å². The van der Waals surface area contributed by atoms with Crippen molar-refractivity contribution in [1.82, 2.24) is 19.7 Å². The van der Waals surface area contributed by atoms with Crippen LogP contribution in [-0.4, -0.2) is 19.7 Å².